The van der Waals surface area contributed by atoms with Crippen LogP contribution in [0.4, 0.5) is 11.4 Å². The molecule has 31 heavy (non-hydrogen) atoms. The zero-order valence-corrected chi connectivity index (χ0v) is 17.4. The van der Waals surface area contributed by atoms with Gasteiger partial charge in [0.15, 0.2) is 0 Å². The molecular weight excluding hydrogens is 408 g/mol. The van der Waals surface area contributed by atoms with E-state index in [2.05, 4.69) is 22.2 Å². The number of anilines is 2. The van der Waals surface area contributed by atoms with Crippen LogP contribution in [0, 0.1) is 0 Å². The molecule has 0 saturated heterocycles. The van der Waals surface area contributed by atoms with Gasteiger partial charge in [0.25, 0.3) is 15.9 Å². The lowest BCUT2D eigenvalue weighted by Crippen LogP contribution is -2.18. The van der Waals surface area contributed by atoms with Gasteiger partial charge >= 0.3 is 0 Å². The van der Waals surface area contributed by atoms with Crippen LogP contribution >= 0.6 is 0 Å². The van der Waals surface area contributed by atoms with Crippen molar-refractivity contribution in [1.82, 2.24) is 0 Å². The van der Waals surface area contributed by atoms with Crippen LogP contribution in [0.2, 0.25) is 0 Å². The van der Waals surface area contributed by atoms with Gasteiger partial charge < -0.3 is 5.32 Å². The summed E-state index contributed by atoms with van der Waals surface area (Å²) in [4.78, 5) is 13.3. The van der Waals surface area contributed by atoms with E-state index in [9.17, 15) is 13.2 Å². The molecule has 0 heterocycles. The van der Waals surface area contributed by atoms with Crippen LogP contribution in [0.5, 0.6) is 0 Å². The number of amides is 1. The summed E-state index contributed by atoms with van der Waals surface area (Å²) in [5.74, 6) is -0.370. The van der Waals surface area contributed by atoms with Crippen molar-refractivity contribution in [1.29, 1.82) is 0 Å². The smallest absolute Gasteiger partial charge is 0.261 e. The molecule has 5 nitrogen and oxygen atoms in total. The van der Waals surface area contributed by atoms with Crippen LogP contribution in [0.1, 0.15) is 21.5 Å². The number of carbonyl (C=O) groups excluding carboxylic acids is 1. The van der Waals surface area contributed by atoms with Crippen molar-refractivity contribution >= 4 is 38.1 Å². The Morgan fingerprint density at radius 3 is 2.23 bits per heavy atom. The number of carbonyl (C=O) groups is 1. The molecule has 6 heteroatoms. The van der Waals surface area contributed by atoms with Gasteiger partial charge in [-0.15, -0.1) is 0 Å². The summed E-state index contributed by atoms with van der Waals surface area (Å²) >= 11 is 0. The molecule has 0 unspecified atom stereocenters. The first-order chi connectivity index (χ1) is 15.0. The van der Waals surface area contributed by atoms with Crippen molar-refractivity contribution < 1.29 is 13.2 Å². The predicted molar refractivity (Wildman–Crippen MR) is 123 cm³/mol. The number of aryl methyl sites for hydroxylation is 2. The molecule has 5 rings (SSSR count). The highest BCUT2D eigenvalue weighted by Crippen LogP contribution is 2.35. The van der Waals surface area contributed by atoms with Crippen LogP contribution in [0.15, 0.2) is 89.8 Å². The van der Waals surface area contributed by atoms with E-state index in [-0.39, 0.29) is 22.1 Å². The minimum absolute atomic E-state index is 0.137. The summed E-state index contributed by atoms with van der Waals surface area (Å²) in [5.41, 5.74) is 3.78. The summed E-state index contributed by atoms with van der Waals surface area (Å²) in [5, 5.41) is 5.19. The number of para-hydroxylation sites is 1. The Balaban J connectivity index is 1.48. The van der Waals surface area contributed by atoms with Crippen LogP contribution in [0.3, 0.4) is 0 Å². The largest absolute Gasteiger partial charge is 0.321 e. The van der Waals surface area contributed by atoms with E-state index < -0.39 is 10.0 Å². The van der Waals surface area contributed by atoms with Gasteiger partial charge in [-0.05, 0) is 59.7 Å². The second-order valence-electron chi connectivity index (χ2n) is 7.53. The Bertz CT molecular complexity index is 1400. The van der Waals surface area contributed by atoms with E-state index in [1.807, 2.05) is 18.2 Å². The van der Waals surface area contributed by atoms with Crippen LogP contribution in [-0.2, 0) is 22.9 Å². The third-order valence-corrected chi connectivity index (χ3v) is 6.98. The fourth-order valence-corrected chi connectivity index (χ4v) is 5.22. The van der Waals surface area contributed by atoms with Gasteiger partial charge in [0, 0.05) is 11.1 Å². The summed E-state index contributed by atoms with van der Waals surface area (Å²) in [6, 6.07) is 24.8. The lowest BCUT2D eigenvalue weighted by Gasteiger charge is -2.14. The fraction of sp³-hybridized carbons (Fsp3) is 0.0800. The summed E-state index contributed by atoms with van der Waals surface area (Å²) in [7, 11) is -3.81. The maximum absolute atomic E-state index is 13.1. The molecule has 0 bridgehead atoms. The molecule has 1 amide bonds. The highest BCUT2D eigenvalue weighted by atomic mass is 32.2. The molecule has 4 aromatic carbocycles. The minimum Gasteiger partial charge on any atom is -0.321 e. The first kappa shape index (κ1) is 19.3. The van der Waals surface area contributed by atoms with Gasteiger partial charge in [0.1, 0.15) is 0 Å². The van der Waals surface area contributed by atoms with Gasteiger partial charge in [-0.3, -0.25) is 9.52 Å². The van der Waals surface area contributed by atoms with Gasteiger partial charge in [0.05, 0.1) is 16.1 Å². The molecule has 4 aromatic rings. The zero-order valence-electron chi connectivity index (χ0n) is 16.6. The number of rotatable bonds is 5. The van der Waals surface area contributed by atoms with Crippen molar-refractivity contribution in [2.45, 2.75) is 17.7 Å². The van der Waals surface area contributed by atoms with Gasteiger partial charge in [-0.2, -0.15) is 0 Å². The predicted octanol–water partition coefficient (Wildman–Crippen LogP) is 4.99. The van der Waals surface area contributed by atoms with Crippen molar-refractivity contribution in [2.75, 3.05) is 10.0 Å². The summed E-state index contributed by atoms with van der Waals surface area (Å²) < 4.78 is 28.0. The van der Waals surface area contributed by atoms with Crippen molar-refractivity contribution in [3.63, 3.8) is 0 Å². The SMILES string of the molecule is O=C(Nc1ccc2c3c(cccc13)CC2)c1ccccc1NS(=O)(=O)c1ccccc1. The molecule has 0 atom stereocenters. The quantitative estimate of drug-likeness (QED) is 0.470. The number of hydrogen-bond donors (Lipinski definition) is 2. The average molecular weight is 429 g/mol. The van der Waals surface area contributed by atoms with Crippen LogP contribution in [-0.4, -0.2) is 14.3 Å². The Morgan fingerprint density at radius 1 is 0.710 bits per heavy atom. The maximum Gasteiger partial charge on any atom is 0.261 e. The topological polar surface area (TPSA) is 75.3 Å². The Morgan fingerprint density at radius 2 is 1.42 bits per heavy atom. The number of hydrogen-bond acceptors (Lipinski definition) is 3. The molecule has 0 fully saturated rings. The monoisotopic (exact) mass is 428 g/mol. The van der Waals surface area contributed by atoms with Crippen molar-refractivity contribution in [3.05, 3.63) is 102 Å². The summed E-state index contributed by atoms with van der Waals surface area (Å²) in [6.45, 7) is 0. The molecule has 0 aliphatic heterocycles. The molecule has 2 N–H and O–H groups in total. The molecule has 154 valence electrons. The van der Waals surface area contributed by atoms with Gasteiger partial charge in [-0.25, -0.2) is 8.42 Å². The second-order valence-corrected chi connectivity index (χ2v) is 9.21. The van der Waals surface area contributed by atoms with E-state index in [0.29, 0.717) is 5.69 Å². The average Bonchev–Trinajstić information content (AvgIpc) is 3.21. The Labute approximate surface area is 180 Å². The third-order valence-electron chi connectivity index (χ3n) is 5.59. The highest BCUT2D eigenvalue weighted by Gasteiger charge is 2.20. The Hall–Kier alpha value is -3.64. The molecule has 1 aliphatic carbocycles. The van der Waals surface area contributed by atoms with Gasteiger partial charge in [0.2, 0.25) is 0 Å². The van der Waals surface area contributed by atoms with E-state index in [1.54, 1.807) is 42.5 Å². The lowest BCUT2D eigenvalue weighted by atomic mass is 10.0. The molecular formula is C25H20N2O3S. The molecule has 0 radical (unpaired) electrons. The first-order valence-corrected chi connectivity index (χ1v) is 11.5. The summed E-state index contributed by atoms with van der Waals surface area (Å²) in [6.07, 6.45) is 2.02. The highest BCUT2D eigenvalue weighted by molar-refractivity contribution is 7.92. The minimum atomic E-state index is -3.81. The second kappa shape index (κ2) is 7.56. The number of nitrogens with one attached hydrogen (secondary N) is 2. The van der Waals surface area contributed by atoms with Gasteiger partial charge in [-0.1, -0.05) is 54.6 Å². The van der Waals surface area contributed by atoms with Crippen molar-refractivity contribution in [3.8, 4) is 0 Å². The maximum atomic E-state index is 13.1. The number of sulfonamides is 1. The van der Waals surface area contributed by atoms with E-state index in [0.717, 1.165) is 18.2 Å². The fourth-order valence-electron chi connectivity index (χ4n) is 4.12. The normalized spacial score (nSPS) is 12.6. The third kappa shape index (κ3) is 3.55. The zero-order chi connectivity index (χ0) is 21.4. The van der Waals surface area contributed by atoms with Crippen LogP contribution < -0.4 is 10.0 Å². The van der Waals surface area contributed by atoms with E-state index in [4.69, 9.17) is 0 Å². The molecule has 1 aliphatic rings. The van der Waals surface area contributed by atoms with E-state index >= 15 is 0 Å². The van der Waals surface area contributed by atoms with Crippen molar-refractivity contribution in [2.24, 2.45) is 0 Å². The van der Waals surface area contributed by atoms with Crippen LogP contribution in [0.25, 0.3) is 10.8 Å². The molecule has 0 saturated carbocycles. The standard InChI is InChI=1S/C25H20N2O3S/c28-25(26-22-16-15-18-14-13-17-7-6-11-20(22)24(17)18)21-10-4-5-12-23(21)27-31(29,30)19-8-2-1-3-9-19/h1-12,15-16,27H,13-14H2,(H,26,28). The lowest BCUT2D eigenvalue weighted by molar-refractivity contribution is 0.102. The molecule has 0 aromatic heterocycles. The number of benzene rings is 4. The Kier molecular flexibility index (Phi) is 4.71. The first-order valence-electron chi connectivity index (χ1n) is 10.0. The molecule has 0 spiro atoms. The van der Waals surface area contributed by atoms with E-state index in [1.165, 1.54) is 28.6 Å².